The molecule has 0 aliphatic heterocycles. The topological polar surface area (TPSA) is 27.8 Å². The molecular formula is C15H20N2. The summed E-state index contributed by atoms with van der Waals surface area (Å²) in [6, 6.07) is 9.44. The van der Waals surface area contributed by atoms with Crippen LogP contribution in [0.2, 0.25) is 0 Å². The molecule has 1 saturated carbocycles. The number of fused-ring (bicyclic) bond motifs is 1. The Morgan fingerprint density at radius 1 is 1.29 bits per heavy atom. The Morgan fingerprint density at radius 2 is 2.12 bits per heavy atom. The van der Waals surface area contributed by atoms with Crippen LogP contribution in [0.15, 0.2) is 24.3 Å². The van der Waals surface area contributed by atoms with Crippen LogP contribution in [0, 0.1) is 6.92 Å². The first-order chi connectivity index (χ1) is 8.34. The number of hydrogen-bond acceptors (Lipinski definition) is 1. The molecule has 2 heteroatoms. The fourth-order valence-electron chi connectivity index (χ4n) is 2.52. The molecule has 0 atom stereocenters. The van der Waals surface area contributed by atoms with E-state index in [0.717, 1.165) is 12.6 Å². The highest BCUT2D eigenvalue weighted by Gasteiger charge is 2.19. The van der Waals surface area contributed by atoms with Crippen molar-refractivity contribution in [3.05, 3.63) is 35.5 Å². The predicted octanol–water partition coefficient (Wildman–Crippen LogP) is 3.16. The fourth-order valence-corrected chi connectivity index (χ4v) is 2.52. The third kappa shape index (κ3) is 2.37. The summed E-state index contributed by atoms with van der Waals surface area (Å²) in [5, 5.41) is 4.98. The summed E-state index contributed by atoms with van der Waals surface area (Å²) in [6.07, 6.45) is 5.17. The van der Waals surface area contributed by atoms with Crippen LogP contribution in [0.3, 0.4) is 0 Å². The van der Waals surface area contributed by atoms with E-state index in [1.807, 2.05) is 0 Å². The molecule has 90 valence electrons. The summed E-state index contributed by atoms with van der Waals surface area (Å²) in [7, 11) is 0. The maximum atomic E-state index is 3.58. The Hall–Kier alpha value is -1.28. The van der Waals surface area contributed by atoms with Crippen molar-refractivity contribution < 1.29 is 0 Å². The first-order valence-electron chi connectivity index (χ1n) is 6.64. The molecule has 0 radical (unpaired) electrons. The third-order valence-electron chi connectivity index (χ3n) is 3.64. The SMILES string of the molecule is Cc1[nH]c2ccccc2c1CCCNC1CC1. The molecule has 2 N–H and O–H groups in total. The zero-order chi connectivity index (χ0) is 11.7. The summed E-state index contributed by atoms with van der Waals surface area (Å²) < 4.78 is 0. The minimum atomic E-state index is 0.832. The van der Waals surface area contributed by atoms with Gasteiger partial charge in [-0.15, -0.1) is 0 Å². The van der Waals surface area contributed by atoms with E-state index in [1.165, 1.54) is 47.8 Å². The van der Waals surface area contributed by atoms with Crippen LogP contribution in [0.25, 0.3) is 10.9 Å². The Balaban J connectivity index is 1.68. The molecule has 0 bridgehead atoms. The zero-order valence-corrected chi connectivity index (χ0v) is 10.4. The van der Waals surface area contributed by atoms with Crippen molar-refractivity contribution in [3.8, 4) is 0 Å². The second-order valence-electron chi connectivity index (χ2n) is 5.11. The normalized spacial score (nSPS) is 15.6. The summed E-state index contributed by atoms with van der Waals surface area (Å²) >= 11 is 0. The second-order valence-corrected chi connectivity index (χ2v) is 5.11. The molecule has 0 spiro atoms. The van der Waals surface area contributed by atoms with Gasteiger partial charge in [0.25, 0.3) is 0 Å². The maximum absolute atomic E-state index is 3.58. The second kappa shape index (κ2) is 4.53. The standard InChI is InChI=1S/C15H20N2/c1-11-13(6-4-10-16-12-8-9-12)14-5-2-3-7-15(14)17-11/h2-3,5,7,12,16-17H,4,6,8-10H2,1H3. The molecule has 0 amide bonds. The predicted molar refractivity (Wildman–Crippen MR) is 72.4 cm³/mol. The smallest absolute Gasteiger partial charge is 0.0458 e. The van der Waals surface area contributed by atoms with Crippen molar-refractivity contribution in [3.63, 3.8) is 0 Å². The van der Waals surface area contributed by atoms with E-state index in [2.05, 4.69) is 41.5 Å². The minimum absolute atomic E-state index is 0.832. The summed E-state index contributed by atoms with van der Waals surface area (Å²) in [4.78, 5) is 3.47. The molecule has 0 saturated heterocycles. The average molecular weight is 228 g/mol. The number of benzene rings is 1. The quantitative estimate of drug-likeness (QED) is 0.756. The van der Waals surface area contributed by atoms with Gasteiger partial charge in [-0.1, -0.05) is 18.2 Å². The summed E-state index contributed by atoms with van der Waals surface area (Å²) in [5.41, 5.74) is 4.10. The van der Waals surface area contributed by atoms with Crippen molar-refractivity contribution in [1.29, 1.82) is 0 Å². The van der Waals surface area contributed by atoms with Gasteiger partial charge in [-0.3, -0.25) is 0 Å². The van der Waals surface area contributed by atoms with E-state index in [1.54, 1.807) is 0 Å². The van der Waals surface area contributed by atoms with Gasteiger partial charge in [0.1, 0.15) is 0 Å². The van der Waals surface area contributed by atoms with E-state index in [9.17, 15) is 0 Å². The first kappa shape index (κ1) is 10.8. The van der Waals surface area contributed by atoms with Gasteiger partial charge in [0.15, 0.2) is 0 Å². The number of aryl methyl sites for hydroxylation is 2. The number of aromatic nitrogens is 1. The van der Waals surface area contributed by atoms with Crippen molar-refractivity contribution >= 4 is 10.9 Å². The molecule has 2 aromatic rings. The van der Waals surface area contributed by atoms with Crippen LogP contribution < -0.4 is 5.32 Å². The van der Waals surface area contributed by atoms with E-state index in [4.69, 9.17) is 0 Å². The van der Waals surface area contributed by atoms with Crippen LogP contribution in [0.4, 0.5) is 0 Å². The molecule has 1 fully saturated rings. The largest absolute Gasteiger partial charge is 0.358 e. The Bertz CT molecular complexity index is 509. The molecule has 1 aromatic carbocycles. The lowest BCUT2D eigenvalue weighted by Crippen LogP contribution is -2.17. The van der Waals surface area contributed by atoms with Crippen LogP contribution in [0.1, 0.15) is 30.5 Å². The molecule has 0 unspecified atom stereocenters. The highest BCUT2D eigenvalue weighted by atomic mass is 14.9. The zero-order valence-electron chi connectivity index (χ0n) is 10.4. The average Bonchev–Trinajstić information content (AvgIpc) is 3.09. The monoisotopic (exact) mass is 228 g/mol. The Labute approximate surface area is 102 Å². The van der Waals surface area contributed by atoms with Gasteiger partial charge in [0, 0.05) is 22.6 Å². The van der Waals surface area contributed by atoms with E-state index < -0.39 is 0 Å². The van der Waals surface area contributed by atoms with Gasteiger partial charge in [-0.25, -0.2) is 0 Å². The fraction of sp³-hybridized carbons (Fsp3) is 0.467. The van der Waals surface area contributed by atoms with E-state index in [0.29, 0.717) is 0 Å². The number of para-hydroxylation sites is 1. The van der Waals surface area contributed by atoms with Gasteiger partial charge in [0.05, 0.1) is 0 Å². The van der Waals surface area contributed by atoms with Crippen molar-refractivity contribution in [2.45, 2.75) is 38.6 Å². The highest BCUT2D eigenvalue weighted by molar-refractivity contribution is 5.84. The number of aromatic amines is 1. The lowest BCUT2D eigenvalue weighted by atomic mass is 10.1. The van der Waals surface area contributed by atoms with Crippen LogP contribution in [0.5, 0.6) is 0 Å². The van der Waals surface area contributed by atoms with Crippen molar-refractivity contribution in [1.82, 2.24) is 10.3 Å². The molecule has 1 aliphatic carbocycles. The van der Waals surface area contributed by atoms with Crippen molar-refractivity contribution in [2.75, 3.05) is 6.54 Å². The molecular weight excluding hydrogens is 208 g/mol. The lowest BCUT2D eigenvalue weighted by molar-refractivity contribution is 0.646. The molecule has 1 aromatic heterocycles. The van der Waals surface area contributed by atoms with E-state index in [-0.39, 0.29) is 0 Å². The Kier molecular flexibility index (Phi) is 2.89. The molecule has 1 aliphatic rings. The molecule has 2 nitrogen and oxygen atoms in total. The number of hydrogen-bond donors (Lipinski definition) is 2. The lowest BCUT2D eigenvalue weighted by Gasteiger charge is -2.03. The molecule has 1 heterocycles. The third-order valence-corrected chi connectivity index (χ3v) is 3.64. The number of H-pyrrole nitrogens is 1. The van der Waals surface area contributed by atoms with Gasteiger partial charge < -0.3 is 10.3 Å². The van der Waals surface area contributed by atoms with Crippen LogP contribution in [-0.2, 0) is 6.42 Å². The van der Waals surface area contributed by atoms with Crippen LogP contribution >= 0.6 is 0 Å². The van der Waals surface area contributed by atoms with Gasteiger partial charge in [-0.05, 0) is 50.8 Å². The highest BCUT2D eigenvalue weighted by Crippen LogP contribution is 2.23. The Morgan fingerprint density at radius 3 is 2.94 bits per heavy atom. The molecule has 17 heavy (non-hydrogen) atoms. The first-order valence-corrected chi connectivity index (χ1v) is 6.64. The number of nitrogens with one attached hydrogen (secondary N) is 2. The van der Waals surface area contributed by atoms with Crippen LogP contribution in [-0.4, -0.2) is 17.6 Å². The van der Waals surface area contributed by atoms with Gasteiger partial charge in [0.2, 0.25) is 0 Å². The summed E-state index contributed by atoms with van der Waals surface area (Å²) in [6.45, 7) is 3.34. The maximum Gasteiger partial charge on any atom is 0.0458 e. The minimum Gasteiger partial charge on any atom is -0.358 e. The van der Waals surface area contributed by atoms with Crippen molar-refractivity contribution in [2.24, 2.45) is 0 Å². The van der Waals surface area contributed by atoms with Gasteiger partial charge >= 0.3 is 0 Å². The van der Waals surface area contributed by atoms with E-state index >= 15 is 0 Å². The van der Waals surface area contributed by atoms with Gasteiger partial charge in [-0.2, -0.15) is 0 Å². The number of rotatable bonds is 5. The summed E-state index contributed by atoms with van der Waals surface area (Å²) in [5.74, 6) is 0. The molecule has 3 rings (SSSR count).